The summed E-state index contributed by atoms with van der Waals surface area (Å²) < 4.78 is 1.90. The molecule has 0 spiro atoms. The van der Waals surface area contributed by atoms with Crippen molar-refractivity contribution in [3.63, 3.8) is 0 Å². The third-order valence-electron chi connectivity index (χ3n) is 3.34. The van der Waals surface area contributed by atoms with Gasteiger partial charge in [0.2, 0.25) is 5.91 Å². The molecule has 24 heavy (non-hydrogen) atoms. The second-order valence-electron chi connectivity index (χ2n) is 5.01. The van der Waals surface area contributed by atoms with E-state index in [1.807, 2.05) is 0 Å². The van der Waals surface area contributed by atoms with E-state index in [2.05, 4.69) is 15.5 Å². The summed E-state index contributed by atoms with van der Waals surface area (Å²) in [7, 11) is 0. The molecule has 2 aromatic carbocycles. The molecule has 3 N–H and O–H groups in total. The number of phenolic OH excluding ortho intramolecular Hbond substituents is 1. The molecule has 0 aliphatic rings. The number of aromatic amines is 1. The number of nitrogens with zero attached hydrogens (tertiary/aromatic N) is 2. The number of halogens is 1. The van der Waals surface area contributed by atoms with Gasteiger partial charge in [0.1, 0.15) is 12.3 Å². The van der Waals surface area contributed by atoms with Crippen LogP contribution in [0.15, 0.2) is 48.5 Å². The topological polar surface area (TPSA) is 82.9 Å². The fraction of sp³-hybridized carbons (Fsp3) is 0.0625. The van der Waals surface area contributed by atoms with Crippen molar-refractivity contribution < 1.29 is 9.90 Å². The molecular formula is C16H13ClN4O2S. The molecule has 1 amide bonds. The van der Waals surface area contributed by atoms with E-state index < -0.39 is 0 Å². The Morgan fingerprint density at radius 1 is 1.25 bits per heavy atom. The summed E-state index contributed by atoms with van der Waals surface area (Å²) in [4.78, 5) is 12.3. The van der Waals surface area contributed by atoms with Crippen LogP contribution in [0.25, 0.3) is 11.4 Å². The van der Waals surface area contributed by atoms with Crippen molar-refractivity contribution in [1.29, 1.82) is 0 Å². The Morgan fingerprint density at radius 2 is 1.96 bits per heavy atom. The van der Waals surface area contributed by atoms with Gasteiger partial charge in [-0.05, 0) is 48.6 Å². The van der Waals surface area contributed by atoms with Crippen molar-refractivity contribution in [1.82, 2.24) is 14.8 Å². The number of carbonyl (C=O) groups excluding carboxylic acids is 1. The van der Waals surface area contributed by atoms with Crippen molar-refractivity contribution >= 4 is 35.4 Å². The molecule has 3 rings (SSSR count). The number of para-hydroxylation sites is 2. The molecular weight excluding hydrogens is 348 g/mol. The summed E-state index contributed by atoms with van der Waals surface area (Å²) in [6.45, 7) is -0.0401. The highest BCUT2D eigenvalue weighted by Crippen LogP contribution is 2.22. The molecule has 1 heterocycles. The Kier molecular flexibility index (Phi) is 4.64. The predicted octanol–water partition coefficient (Wildman–Crippen LogP) is 3.61. The molecule has 0 saturated heterocycles. The lowest BCUT2D eigenvalue weighted by atomic mass is 10.2. The maximum absolute atomic E-state index is 12.3. The zero-order chi connectivity index (χ0) is 17.1. The average molecular weight is 361 g/mol. The lowest BCUT2D eigenvalue weighted by Crippen LogP contribution is -2.19. The zero-order valence-electron chi connectivity index (χ0n) is 12.4. The number of H-pyrrole nitrogens is 1. The average Bonchev–Trinajstić information content (AvgIpc) is 2.91. The number of aromatic hydroxyl groups is 1. The number of anilines is 1. The summed E-state index contributed by atoms with van der Waals surface area (Å²) >= 11 is 11.1. The van der Waals surface area contributed by atoms with E-state index in [9.17, 15) is 9.90 Å². The molecule has 3 aromatic rings. The quantitative estimate of drug-likeness (QED) is 0.490. The number of carbonyl (C=O) groups is 1. The van der Waals surface area contributed by atoms with Gasteiger partial charge in [-0.2, -0.15) is 5.10 Å². The SMILES string of the molecule is O=C(Cn1c(-c2ccc(Cl)cc2)n[nH]c1=S)Nc1ccccc1O. The van der Waals surface area contributed by atoms with Crippen LogP contribution in [0, 0.1) is 4.77 Å². The number of amides is 1. The Bertz CT molecular complexity index is 934. The minimum Gasteiger partial charge on any atom is -0.506 e. The Labute approximate surface area is 147 Å². The number of phenols is 1. The van der Waals surface area contributed by atoms with E-state index in [1.165, 1.54) is 6.07 Å². The molecule has 0 aliphatic carbocycles. The highest BCUT2D eigenvalue weighted by atomic mass is 35.5. The Balaban J connectivity index is 1.84. The van der Waals surface area contributed by atoms with Gasteiger partial charge in [-0.1, -0.05) is 23.7 Å². The standard InChI is InChI=1S/C16H13ClN4O2S/c17-11-7-5-10(6-8-11)15-19-20-16(24)21(15)9-14(23)18-12-3-1-2-4-13(12)22/h1-8,22H,9H2,(H,18,23)(H,20,24). The fourth-order valence-electron chi connectivity index (χ4n) is 2.20. The molecule has 6 nitrogen and oxygen atoms in total. The van der Waals surface area contributed by atoms with Crippen LogP contribution in [-0.2, 0) is 11.3 Å². The van der Waals surface area contributed by atoms with Crippen LogP contribution in [0.5, 0.6) is 5.75 Å². The van der Waals surface area contributed by atoms with E-state index in [4.69, 9.17) is 23.8 Å². The first-order valence-electron chi connectivity index (χ1n) is 7.03. The highest BCUT2D eigenvalue weighted by Gasteiger charge is 2.13. The summed E-state index contributed by atoms with van der Waals surface area (Å²) in [6, 6.07) is 13.6. The van der Waals surface area contributed by atoms with Gasteiger partial charge in [0.15, 0.2) is 10.6 Å². The molecule has 0 unspecified atom stereocenters. The molecule has 122 valence electrons. The largest absolute Gasteiger partial charge is 0.506 e. The van der Waals surface area contributed by atoms with Gasteiger partial charge in [-0.25, -0.2) is 0 Å². The van der Waals surface area contributed by atoms with Crippen molar-refractivity contribution in [3.05, 3.63) is 58.3 Å². The molecule has 0 bridgehead atoms. The van der Waals surface area contributed by atoms with Crippen LogP contribution in [-0.4, -0.2) is 25.8 Å². The van der Waals surface area contributed by atoms with Crippen molar-refractivity contribution in [3.8, 4) is 17.1 Å². The van der Waals surface area contributed by atoms with E-state index in [0.29, 0.717) is 21.3 Å². The maximum atomic E-state index is 12.3. The van der Waals surface area contributed by atoms with Crippen LogP contribution in [0.2, 0.25) is 5.02 Å². The van der Waals surface area contributed by atoms with Crippen LogP contribution >= 0.6 is 23.8 Å². The molecule has 0 saturated carbocycles. The van der Waals surface area contributed by atoms with Crippen LogP contribution in [0.4, 0.5) is 5.69 Å². The van der Waals surface area contributed by atoms with Gasteiger partial charge < -0.3 is 10.4 Å². The minimum atomic E-state index is -0.329. The first-order valence-corrected chi connectivity index (χ1v) is 7.82. The molecule has 0 aliphatic heterocycles. The molecule has 8 heteroatoms. The Morgan fingerprint density at radius 3 is 2.67 bits per heavy atom. The van der Waals surface area contributed by atoms with Gasteiger partial charge in [-0.3, -0.25) is 14.5 Å². The smallest absolute Gasteiger partial charge is 0.244 e. The minimum absolute atomic E-state index is 0.000403. The van der Waals surface area contributed by atoms with Crippen LogP contribution in [0.3, 0.4) is 0 Å². The second kappa shape index (κ2) is 6.86. The van der Waals surface area contributed by atoms with E-state index in [1.54, 1.807) is 47.0 Å². The maximum Gasteiger partial charge on any atom is 0.244 e. The number of aromatic nitrogens is 3. The van der Waals surface area contributed by atoms with Gasteiger partial charge in [0, 0.05) is 10.6 Å². The summed E-state index contributed by atoms with van der Waals surface area (Å²) in [5.74, 6) is 0.202. The lowest BCUT2D eigenvalue weighted by molar-refractivity contribution is -0.116. The third-order valence-corrected chi connectivity index (χ3v) is 3.90. The normalized spacial score (nSPS) is 10.5. The molecule has 1 aromatic heterocycles. The van der Waals surface area contributed by atoms with Crippen molar-refractivity contribution in [2.75, 3.05) is 5.32 Å². The fourth-order valence-corrected chi connectivity index (χ4v) is 2.52. The highest BCUT2D eigenvalue weighted by molar-refractivity contribution is 7.71. The predicted molar refractivity (Wildman–Crippen MR) is 94.6 cm³/mol. The summed E-state index contributed by atoms with van der Waals surface area (Å²) in [5, 5.41) is 19.8. The lowest BCUT2D eigenvalue weighted by Gasteiger charge is -2.09. The number of nitrogens with one attached hydrogen (secondary N) is 2. The Hall–Kier alpha value is -2.64. The van der Waals surface area contributed by atoms with E-state index in [-0.39, 0.29) is 18.2 Å². The van der Waals surface area contributed by atoms with E-state index >= 15 is 0 Å². The zero-order valence-corrected chi connectivity index (χ0v) is 13.9. The van der Waals surface area contributed by atoms with Gasteiger partial charge in [0.25, 0.3) is 0 Å². The molecule has 0 fully saturated rings. The second-order valence-corrected chi connectivity index (χ2v) is 5.83. The summed E-state index contributed by atoms with van der Waals surface area (Å²) in [5.41, 5.74) is 1.12. The van der Waals surface area contributed by atoms with Crippen LogP contribution in [0.1, 0.15) is 0 Å². The van der Waals surface area contributed by atoms with Crippen LogP contribution < -0.4 is 5.32 Å². The number of benzene rings is 2. The molecule has 0 radical (unpaired) electrons. The third kappa shape index (κ3) is 3.47. The first-order chi connectivity index (χ1) is 11.5. The molecule has 0 atom stereocenters. The van der Waals surface area contributed by atoms with E-state index in [0.717, 1.165) is 5.56 Å². The van der Waals surface area contributed by atoms with Crippen molar-refractivity contribution in [2.24, 2.45) is 0 Å². The number of hydrogen-bond donors (Lipinski definition) is 3. The number of hydrogen-bond acceptors (Lipinski definition) is 4. The monoisotopic (exact) mass is 360 g/mol. The van der Waals surface area contributed by atoms with Crippen molar-refractivity contribution in [2.45, 2.75) is 6.54 Å². The van der Waals surface area contributed by atoms with Gasteiger partial charge in [-0.15, -0.1) is 0 Å². The van der Waals surface area contributed by atoms with Gasteiger partial charge >= 0.3 is 0 Å². The van der Waals surface area contributed by atoms with Gasteiger partial charge in [0.05, 0.1) is 5.69 Å². The summed E-state index contributed by atoms with van der Waals surface area (Å²) in [6.07, 6.45) is 0. The number of rotatable bonds is 4. The first kappa shape index (κ1) is 16.2.